The molecule has 0 bridgehead atoms. The van der Waals surface area contributed by atoms with Crippen molar-refractivity contribution in [2.45, 2.75) is 12.5 Å². The summed E-state index contributed by atoms with van der Waals surface area (Å²) in [6, 6.07) is 12.2. The lowest BCUT2D eigenvalue weighted by Gasteiger charge is -2.19. The molecule has 4 rings (SSSR count). The first-order chi connectivity index (χ1) is 18.1. The fraction of sp³-hybridized carbons (Fsp3) is 0.0741. The van der Waals surface area contributed by atoms with Crippen LogP contribution >= 0.6 is 0 Å². The number of hydrogen-bond donors (Lipinski definition) is 5. The molecule has 3 aromatic rings. The molecule has 0 fully saturated rings. The zero-order valence-electron chi connectivity index (χ0n) is 19.4. The molecule has 1 aliphatic rings. The Kier molecular flexibility index (Phi) is 7.19. The highest BCUT2D eigenvalue weighted by Crippen LogP contribution is 2.35. The summed E-state index contributed by atoms with van der Waals surface area (Å²) in [5.74, 6) is -4.51. The minimum atomic E-state index is -1.55. The highest BCUT2D eigenvalue weighted by atomic mass is 16.6. The molecule has 3 aromatic carbocycles. The normalized spacial score (nSPS) is 14.4. The Morgan fingerprint density at radius 2 is 1.50 bits per heavy atom. The molecule has 0 radical (unpaired) electrons. The zero-order chi connectivity index (χ0) is 27.4. The van der Waals surface area contributed by atoms with E-state index in [9.17, 15) is 39.9 Å². The second kappa shape index (κ2) is 10.7. The number of fused-ring (bicyclic) bond motifs is 1. The molecule has 1 heterocycles. The third-order valence-corrected chi connectivity index (χ3v) is 5.30. The first-order valence-corrected chi connectivity index (χ1v) is 11.0. The fourth-order valence-electron chi connectivity index (χ4n) is 3.41. The zero-order valence-corrected chi connectivity index (χ0v) is 19.4. The molecule has 0 saturated carbocycles. The van der Waals surface area contributed by atoms with Gasteiger partial charge in [-0.25, -0.2) is 14.4 Å². The highest BCUT2D eigenvalue weighted by molar-refractivity contribution is 5.95. The van der Waals surface area contributed by atoms with Crippen molar-refractivity contribution < 1.29 is 54.1 Å². The van der Waals surface area contributed by atoms with E-state index in [4.69, 9.17) is 14.2 Å². The number of aromatic hydroxyl groups is 4. The maximum Gasteiger partial charge on any atom is 0.379 e. The summed E-state index contributed by atoms with van der Waals surface area (Å²) in [5.41, 5.74) is 1.13. The highest BCUT2D eigenvalue weighted by Gasteiger charge is 2.25. The third kappa shape index (κ3) is 6.02. The van der Waals surface area contributed by atoms with Gasteiger partial charge in [0.25, 0.3) is 0 Å². The smallest absolute Gasteiger partial charge is 0.379 e. The van der Waals surface area contributed by atoms with Gasteiger partial charge < -0.3 is 39.7 Å². The van der Waals surface area contributed by atoms with E-state index in [-0.39, 0.29) is 40.9 Å². The van der Waals surface area contributed by atoms with Crippen LogP contribution in [0, 0.1) is 0 Å². The second-order valence-electron chi connectivity index (χ2n) is 8.08. The monoisotopic (exact) mass is 520 g/mol. The molecule has 11 nitrogen and oxygen atoms in total. The Labute approximate surface area is 214 Å². The Bertz CT molecular complexity index is 1490. The number of esters is 2. The minimum Gasteiger partial charge on any atom is -0.504 e. The number of carboxylic acids is 1. The minimum absolute atomic E-state index is 0.0757. The Balaban J connectivity index is 1.42. The van der Waals surface area contributed by atoms with E-state index in [1.54, 1.807) is 6.07 Å². The average Bonchev–Trinajstić information content (AvgIpc) is 2.87. The van der Waals surface area contributed by atoms with E-state index in [0.717, 1.165) is 6.08 Å². The number of phenolic OH excluding ortho intramolecular Hbond substituents is 4. The quantitative estimate of drug-likeness (QED) is 0.134. The summed E-state index contributed by atoms with van der Waals surface area (Å²) in [7, 11) is 0. The lowest BCUT2D eigenvalue weighted by atomic mass is 10.1. The first kappa shape index (κ1) is 25.6. The van der Waals surface area contributed by atoms with Crippen LogP contribution in [0.3, 0.4) is 0 Å². The van der Waals surface area contributed by atoms with Gasteiger partial charge in [-0.2, -0.15) is 0 Å². The van der Waals surface area contributed by atoms with Crippen LogP contribution in [0.25, 0.3) is 12.2 Å². The number of benzene rings is 3. The predicted molar refractivity (Wildman–Crippen MR) is 130 cm³/mol. The van der Waals surface area contributed by atoms with Gasteiger partial charge in [0, 0.05) is 12.5 Å². The van der Waals surface area contributed by atoms with Crippen LogP contribution in [0.1, 0.15) is 16.7 Å². The van der Waals surface area contributed by atoms with Crippen molar-refractivity contribution in [2.24, 2.45) is 0 Å². The number of carboxylic acid groups (broad SMARTS) is 1. The van der Waals surface area contributed by atoms with E-state index in [2.05, 4.69) is 0 Å². The Hall–Kier alpha value is -5.45. The average molecular weight is 520 g/mol. The molecule has 0 amide bonds. The van der Waals surface area contributed by atoms with Crippen LogP contribution in [-0.2, 0) is 25.5 Å². The van der Waals surface area contributed by atoms with Crippen LogP contribution in [0.2, 0.25) is 0 Å². The van der Waals surface area contributed by atoms with Gasteiger partial charge in [-0.1, -0.05) is 18.2 Å². The molecule has 0 aliphatic carbocycles. The summed E-state index contributed by atoms with van der Waals surface area (Å²) < 4.78 is 15.9. The van der Waals surface area contributed by atoms with Gasteiger partial charge in [0.2, 0.25) is 11.9 Å². The SMILES string of the molecule is O=C(C=Cc1ccc2c(c1)OC(=O)C(=Cc1ccc(O)c(O)c1)O2)OC(Cc1ccc(O)c(O)c1)C(=O)O. The molecule has 1 aliphatic heterocycles. The number of ether oxygens (including phenoxy) is 3. The van der Waals surface area contributed by atoms with E-state index >= 15 is 0 Å². The summed E-state index contributed by atoms with van der Waals surface area (Å²) in [6.45, 7) is 0. The van der Waals surface area contributed by atoms with Crippen molar-refractivity contribution >= 4 is 30.1 Å². The maximum absolute atomic E-state index is 12.4. The summed E-state index contributed by atoms with van der Waals surface area (Å²) in [5, 5.41) is 47.4. The number of carbonyl (C=O) groups excluding carboxylic acids is 2. The standard InChI is InChI=1S/C27H20O11/c28-17-5-1-15(9-19(17)30)12-23(26(33)34)37-25(32)8-4-14-3-7-21-22(11-14)38-27(35)24(36-21)13-16-2-6-18(29)20(31)10-16/h1-11,13,23,28-31H,12H2,(H,33,34). The molecule has 11 heteroatoms. The summed E-state index contributed by atoms with van der Waals surface area (Å²) in [4.78, 5) is 36.1. The summed E-state index contributed by atoms with van der Waals surface area (Å²) >= 11 is 0. The lowest BCUT2D eigenvalue weighted by molar-refractivity contribution is -0.160. The van der Waals surface area contributed by atoms with Gasteiger partial charge in [0.1, 0.15) is 0 Å². The third-order valence-electron chi connectivity index (χ3n) is 5.30. The number of phenols is 4. The molecule has 0 saturated heterocycles. The van der Waals surface area contributed by atoms with Crippen molar-refractivity contribution in [1.82, 2.24) is 0 Å². The number of carbonyl (C=O) groups is 3. The summed E-state index contributed by atoms with van der Waals surface area (Å²) in [6.07, 6.45) is 1.86. The molecule has 194 valence electrons. The molecular weight excluding hydrogens is 500 g/mol. The number of aliphatic carboxylic acids is 1. The Morgan fingerprint density at radius 3 is 2.18 bits per heavy atom. The topological polar surface area (TPSA) is 180 Å². The van der Waals surface area contributed by atoms with E-state index in [1.807, 2.05) is 0 Å². The maximum atomic E-state index is 12.4. The molecule has 1 unspecified atom stereocenters. The van der Waals surface area contributed by atoms with Crippen molar-refractivity contribution in [3.8, 4) is 34.5 Å². The molecule has 0 aromatic heterocycles. The van der Waals surface area contributed by atoms with Gasteiger partial charge in [-0.3, -0.25) is 0 Å². The number of hydrogen-bond acceptors (Lipinski definition) is 10. The van der Waals surface area contributed by atoms with Crippen LogP contribution < -0.4 is 9.47 Å². The van der Waals surface area contributed by atoms with Gasteiger partial charge in [0.15, 0.2) is 34.5 Å². The van der Waals surface area contributed by atoms with Crippen LogP contribution in [0.4, 0.5) is 0 Å². The van der Waals surface area contributed by atoms with Gasteiger partial charge in [-0.05, 0) is 65.2 Å². The molecule has 38 heavy (non-hydrogen) atoms. The molecule has 0 spiro atoms. The predicted octanol–water partition coefficient (Wildman–Crippen LogP) is 3.10. The molecular formula is C27H20O11. The molecule has 5 N–H and O–H groups in total. The van der Waals surface area contributed by atoms with Crippen molar-refractivity contribution in [2.75, 3.05) is 0 Å². The largest absolute Gasteiger partial charge is 0.504 e. The van der Waals surface area contributed by atoms with Crippen molar-refractivity contribution in [3.63, 3.8) is 0 Å². The van der Waals surface area contributed by atoms with Gasteiger partial charge in [-0.15, -0.1) is 0 Å². The van der Waals surface area contributed by atoms with E-state index < -0.39 is 29.8 Å². The van der Waals surface area contributed by atoms with Crippen molar-refractivity contribution in [3.05, 3.63) is 83.1 Å². The number of rotatable bonds is 7. The van der Waals surface area contributed by atoms with Gasteiger partial charge >= 0.3 is 17.9 Å². The van der Waals surface area contributed by atoms with Crippen LogP contribution in [-0.4, -0.2) is 49.5 Å². The van der Waals surface area contributed by atoms with Gasteiger partial charge in [0.05, 0.1) is 0 Å². The lowest BCUT2D eigenvalue weighted by Crippen LogP contribution is -2.28. The van der Waals surface area contributed by atoms with E-state index in [1.165, 1.54) is 60.7 Å². The molecule has 1 atom stereocenters. The van der Waals surface area contributed by atoms with Crippen LogP contribution in [0.5, 0.6) is 34.5 Å². The van der Waals surface area contributed by atoms with Crippen LogP contribution in [0.15, 0.2) is 66.4 Å². The van der Waals surface area contributed by atoms with Crippen molar-refractivity contribution in [1.29, 1.82) is 0 Å². The van der Waals surface area contributed by atoms with E-state index in [0.29, 0.717) is 16.7 Å². The second-order valence-corrected chi connectivity index (χ2v) is 8.08. The first-order valence-electron chi connectivity index (χ1n) is 11.0. The fourth-order valence-corrected chi connectivity index (χ4v) is 3.41. The Morgan fingerprint density at radius 1 is 0.816 bits per heavy atom.